The number of hydrogen-bond acceptors (Lipinski definition) is 3. The summed E-state index contributed by atoms with van der Waals surface area (Å²) in [5.41, 5.74) is 3.55. The largest absolute Gasteiger partial charge is 0.299 e. The van der Waals surface area contributed by atoms with E-state index >= 15 is 0 Å². The quantitative estimate of drug-likeness (QED) is 0.737. The summed E-state index contributed by atoms with van der Waals surface area (Å²) in [7, 11) is 0. The molecule has 4 heteroatoms. The number of thiazole rings is 1. The van der Waals surface area contributed by atoms with Crippen LogP contribution >= 0.6 is 22.9 Å². The third-order valence-electron chi connectivity index (χ3n) is 4.22. The lowest BCUT2D eigenvalue weighted by molar-refractivity contribution is 0.315. The summed E-state index contributed by atoms with van der Waals surface area (Å²) < 4.78 is 0. The highest BCUT2D eigenvalue weighted by Gasteiger charge is 2.20. The maximum Gasteiger partial charge on any atom is 0.123 e. The maximum absolute atomic E-state index is 5.84. The van der Waals surface area contributed by atoms with Crippen LogP contribution in [-0.2, 0) is 12.4 Å². The first kappa shape index (κ1) is 15.0. The van der Waals surface area contributed by atoms with E-state index in [1.807, 2.05) is 5.38 Å². The van der Waals surface area contributed by atoms with Gasteiger partial charge in [-0.15, -0.1) is 22.9 Å². The average Bonchev–Trinajstić information content (AvgIpc) is 3.16. The molecule has 0 N–H and O–H groups in total. The van der Waals surface area contributed by atoms with Gasteiger partial charge in [-0.2, -0.15) is 0 Å². The van der Waals surface area contributed by atoms with Crippen molar-refractivity contribution in [2.45, 2.75) is 32.2 Å². The van der Waals surface area contributed by atoms with E-state index in [1.165, 1.54) is 37.1 Å². The van der Waals surface area contributed by atoms with Gasteiger partial charge in [0.25, 0.3) is 0 Å². The highest BCUT2D eigenvalue weighted by molar-refractivity contribution is 7.13. The number of alkyl halides is 1. The molecule has 1 saturated heterocycles. The number of halogens is 1. The van der Waals surface area contributed by atoms with Gasteiger partial charge in [0.1, 0.15) is 5.01 Å². The molecule has 1 aliphatic rings. The van der Waals surface area contributed by atoms with Gasteiger partial charge < -0.3 is 0 Å². The molecule has 2 heterocycles. The van der Waals surface area contributed by atoms with Crippen molar-refractivity contribution in [3.05, 3.63) is 40.9 Å². The predicted octanol–water partition coefficient (Wildman–Crippen LogP) is 4.78. The summed E-state index contributed by atoms with van der Waals surface area (Å²) in [6, 6.07) is 8.77. The first-order valence-corrected chi connectivity index (χ1v) is 9.02. The SMILES string of the molecule is CCC1CCN(Cc2cccc(-c3nc(CCl)cs3)c2)C1. The van der Waals surface area contributed by atoms with E-state index < -0.39 is 0 Å². The zero-order valence-corrected chi connectivity index (χ0v) is 14.0. The molecule has 1 aromatic carbocycles. The molecular weight excluding hydrogens is 300 g/mol. The smallest absolute Gasteiger partial charge is 0.123 e. The van der Waals surface area contributed by atoms with Crippen molar-refractivity contribution < 1.29 is 0 Å². The van der Waals surface area contributed by atoms with Gasteiger partial charge in [-0.25, -0.2) is 4.98 Å². The standard InChI is InChI=1S/C17H21ClN2S/c1-2-13-6-7-20(10-13)11-14-4-3-5-15(8-14)17-19-16(9-18)12-21-17/h3-5,8,12-13H,2,6-7,9-11H2,1H3. The Hall–Kier alpha value is -0.900. The lowest BCUT2D eigenvalue weighted by Gasteiger charge is -2.16. The van der Waals surface area contributed by atoms with Crippen LogP contribution < -0.4 is 0 Å². The summed E-state index contributed by atoms with van der Waals surface area (Å²) in [5, 5.41) is 3.11. The van der Waals surface area contributed by atoms with E-state index in [0.29, 0.717) is 5.88 Å². The summed E-state index contributed by atoms with van der Waals surface area (Å²) >= 11 is 7.51. The zero-order valence-electron chi connectivity index (χ0n) is 12.4. The minimum atomic E-state index is 0.488. The Morgan fingerprint density at radius 2 is 2.33 bits per heavy atom. The first-order chi connectivity index (χ1) is 10.3. The molecule has 112 valence electrons. The Kier molecular flexibility index (Phi) is 4.94. The molecule has 0 radical (unpaired) electrons. The normalized spacial score (nSPS) is 19.2. The fourth-order valence-electron chi connectivity index (χ4n) is 2.95. The van der Waals surface area contributed by atoms with Crippen LogP contribution in [0, 0.1) is 5.92 Å². The third-order valence-corrected chi connectivity index (χ3v) is 5.43. The number of rotatable bonds is 5. The molecule has 1 fully saturated rings. The molecule has 2 nitrogen and oxygen atoms in total. The van der Waals surface area contributed by atoms with Crippen molar-refractivity contribution in [2.75, 3.05) is 13.1 Å². The minimum absolute atomic E-state index is 0.488. The van der Waals surface area contributed by atoms with Crippen LogP contribution in [0.2, 0.25) is 0 Å². The second-order valence-corrected chi connectivity index (χ2v) is 6.90. The van der Waals surface area contributed by atoms with Gasteiger partial charge >= 0.3 is 0 Å². The Bertz CT molecular complexity index is 596. The number of benzene rings is 1. The first-order valence-electron chi connectivity index (χ1n) is 7.60. The van der Waals surface area contributed by atoms with Crippen LogP contribution in [-0.4, -0.2) is 23.0 Å². The molecular formula is C17H21ClN2S. The van der Waals surface area contributed by atoms with E-state index in [0.717, 1.165) is 23.2 Å². The Morgan fingerprint density at radius 3 is 3.05 bits per heavy atom. The van der Waals surface area contributed by atoms with Gasteiger partial charge in [-0.3, -0.25) is 4.90 Å². The molecule has 1 atom stereocenters. The molecule has 1 aromatic heterocycles. The molecule has 0 bridgehead atoms. The second-order valence-electron chi connectivity index (χ2n) is 5.78. The lowest BCUT2D eigenvalue weighted by Crippen LogP contribution is -2.19. The molecule has 0 aliphatic carbocycles. The number of aromatic nitrogens is 1. The van der Waals surface area contributed by atoms with Crippen LogP contribution in [0.3, 0.4) is 0 Å². The van der Waals surface area contributed by atoms with E-state index in [9.17, 15) is 0 Å². The molecule has 1 unspecified atom stereocenters. The topological polar surface area (TPSA) is 16.1 Å². The van der Waals surface area contributed by atoms with Gasteiger partial charge in [0.05, 0.1) is 11.6 Å². The van der Waals surface area contributed by atoms with Crippen LogP contribution in [0.25, 0.3) is 10.6 Å². The van der Waals surface area contributed by atoms with Gasteiger partial charge in [-0.05, 0) is 30.5 Å². The van der Waals surface area contributed by atoms with Crippen molar-refractivity contribution in [3.63, 3.8) is 0 Å². The molecule has 0 spiro atoms. The van der Waals surface area contributed by atoms with Crippen molar-refractivity contribution >= 4 is 22.9 Å². The van der Waals surface area contributed by atoms with Gasteiger partial charge in [-0.1, -0.05) is 31.5 Å². The van der Waals surface area contributed by atoms with Crippen molar-refractivity contribution in [2.24, 2.45) is 5.92 Å². The number of hydrogen-bond donors (Lipinski definition) is 0. The Labute approximate surface area is 135 Å². The van der Waals surface area contributed by atoms with Gasteiger partial charge in [0, 0.05) is 24.0 Å². The third kappa shape index (κ3) is 3.65. The fourth-order valence-corrected chi connectivity index (χ4v) is 4.00. The van der Waals surface area contributed by atoms with Crippen molar-refractivity contribution in [3.8, 4) is 10.6 Å². The fraction of sp³-hybridized carbons (Fsp3) is 0.471. The predicted molar refractivity (Wildman–Crippen MR) is 90.8 cm³/mol. The summed E-state index contributed by atoms with van der Waals surface area (Å²) in [6.07, 6.45) is 2.65. The lowest BCUT2D eigenvalue weighted by atomic mass is 10.1. The maximum atomic E-state index is 5.84. The van der Waals surface area contributed by atoms with E-state index in [-0.39, 0.29) is 0 Å². The molecule has 0 amide bonds. The van der Waals surface area contributed by atoms with Crippen LogP contribution in [0.5, 0.6) is 0 Å². The monoisotopic (exact) mass is 320 g/mol. The number of nitrogens with zero attached hydrogens (tertiary/aromatic N) is 2. The second kappa shape index (κ2) is 6.91. The highest BCUT2D eigenvalue weighted by Crippen LogP contribution is 2.26. The van der Waals surface area contributed by atoms with Gasteiger partial charge in [0.2, 0.25) is 0 Å². The van der Waals surface area contributed by atoms with Crippen LogP contribution in [0.15, 0.2) is 29.6 Å². The Balaban J connectivity index is 1.71. The molecule has 21 heavy (non-hydrogen) atoms. The molecule has 0 saturated carbocycles. The average molecular weight is 321 g/mol. The molecule has 2 aromatic rings. The number of likely N-dealkylation sites (tertiary alicyclic amines) is 1. The van der Waals surface area contributed by atoms with Crippen molar-refractivity contribution in [1.82, 2.24) is 9.88 Å². The summed E-state index contributed by atoms with van der Waals surface area (Å²) in [6.45, 7) is 5.83. The van der Waals surface area contributed by atoms with Crippen molar-refractivity contribution in [1.29, 1.82) is 0 Å². The van der Waals surface area contributed by atoms with Gasteiger partial charge in [0.15, 0.2) is 0 Å². The van der Waals surface area contributed by atoms with Crippen LogP contribution in [0.1, 0.15) is 31.0 Å². The van der Waals surface area contributed by atoms with E-state index in [4.69, 9.17) is 11.6 Å². The highest BCUT2D eigenvalue weighted by atomic mass is 35.5. The molecule has 3 rings (SSSR count). The van der Waals surface area contributed by atoms with E-state index in [2.05, 4.69) is 41.1 Å². The Morgan fingerprint density at radius 1 is 1.43 bits per heavy atom. The van der Waals surface area contributed by atoms with E-state index in [1.54, 1.807) is 11.3 Å². The van der Waals surface area contributed by atoms with Crippen LogP contribution in [0.4, 0.5) is 0 Å². The summed E-state index contributed by atoms with van der Waals surface area (Å²) in [4.78, 5) is 7.14. The minimum Gasteiger partial charge on any atom is -0.299 e. The zero-order chi connectivity index (χ0) is 14.7. The molecule has 1 aliphatic heterocycles. The summed E-state index contributed by atoms with van der Waals surface area (Å²) in [5.74, 6) is 1.38.